The van der Waals surface area contributed by atoms with Crippen molar-refractivity contribution in [2.24, 2.45) is 0 Å². The molecule has 2 aromatic heterocycles. The van der Waals surface area contributed by atoms with Crippen LogP contribution in [0.5, 0.6) is 6.01 Å². The molecule has 3 aromatic rings. The van der Waals surface area contributed by atoms with Gasteiger partial charge in [-0.1, -0.05) is 18.2 Å². The number of carbonyl (C=O) groups excluding carboxylic acids is 1. The summed E-state index contributed by atoms with van der Waals surface area (Å²) in [4.78, 5) is 21.3. The van der Waals surface area contributed by atoms with E-state index in [0.717, 1.165) is 11.4 Å². The van der Waals surface area contributed by atoms with Crippen LogP contribution in [0.25, 0.3) is 5.69 Å². The summed E-state index contributed by atoms with van der Waals surface area (Å²) in [7, 11) is 0. The first-order valence-corrected chi connectivity index (χ1v) is 8.40. The summed E-state index contributed by atoms with van der Waals surface area (Å²) < 4.78 is 7.07. The smallest absolute Gasteiger partial charge is 0.316 e. The van der Waals surface area contributed by atoms with Crippen molar-refractivity contribution in [3.63, 3.8) is 0 Å². The third-order valence-electron chi connectivity index (χ3n) is 4.02. The summed E-state index contributed by atoms with van der Waals surface area (Å²) in [5.74, 6) is -0.247. The van der Waals surface area contributed by atoms with Crippen molar-refractivity contribution >= 4 is 11.6 Å². The molecule has 7 heteroatoms. The van der Waals surface area contributed by atoms with Crippen LogP contribution in [0.4, 0.5) is 5.69 Å². The van der Waals surface area contributed by atoms with Gasteiger partial charge in [0.15, 0.2) is 0 Å². The third-order valence-corrected chi connectivity index (χ3v) is 4.02. The predicted molar refractivity (Wildman–Crippen MR) is 98.9 cm³/mol. The maximum Gasteiger partial charge on any atom is 0.316 e. The van der Waals surface area contributed by atoms with Gasteiger partial charge < -0.3 is 10.1 Å². The van der Waals surface area contributed by atoms with Crippen LogP contribution in [0.1, 0.15) is 34.4 Å². The first-order valence-electron chi connectivity index (χ1n) is 8.40. The average Bonchev–Trinajstić information content (AvgIpc) is 3.00. The minimum atomic E-state index is -0.247. The Morgan fingerprint density at radius 1 is 1.12 bits per heavy atom. The van der Waals surface area contributed by atoms with Crippen LogP contribution in [0.3, 0.4) is 0 Å². The number of nitrogens with one attached hydrogen (secondary N) is 1. The second kappa shape index (κ2) is 7.35. The highest BCUT2D eigenvalue weighted by Gasteiger charge is 2.18. The zero-order chi connectivity index (χ0) is 18.7. The number of anilines is 1. The van der Waals surface area contributed by atoms with Gasteiger partial charge in [0, 0.05) is 0 Å². The molecule has 26 heavy (non-hydrogen) atoms. The van der Waals surface area contributed by atoms with Crippen molar-refractivity contribution in [3.05, 3.63) is 59.2 Å². The first-order chi connectivity index (χ1) is 12.5. The van der Waals surface area contributed by atoms with E-state index in [0.29, 0.717) is 35.3 Å². The molecule has 0 aliphatic carbocycles. The summed E-state index contributed by atoms with van der Waals surface area (Å²) in [6, 6.07) is 9.99. The largest absolute Gasteiger partial charge is 0.464 e. The maximum atomic E-state index is 12.7. The predicted octanol–water partition coefficient (Wildman–Crippen LogP) is 3.24. The molecule has 1 N–H and O–H groups in total. The highest BCUT2D eigenvalue weighted by atomic mass is 16.5. The molecule has 1 amide bonds. The third kappa shape index (κ3) is 3.42. The molecule has 0 bridgehead atoms. The quantitative estimate of drug-likeness (QED) is 0.763. The highest BCUT2D eigenvalue weighted by Crippen LogP contribution is 2.21. The van der Waals surface area contributed by atoms with Crippen LogP contribution < -0.4 is 10.1 Å². The number of hydrogen-bond donors (Lipinski definition) is 1. The average molecular weight is 351 g/mol. The fraction of sp³-hybridized carbons (Fsp3) is 0.263. The van der Waals surface area contributed by atoms with Gasteiger partial charge in [0.1, 0.15) is 0 Å². The van der Waals surface area contributed by atoms with E-state index >= 15 is 0 Å². The summed E-state index contributed by atoms with van der Waals surface area (Å²) in [5, 5.41) is 7.23. The normalized spacial score (nSPS) is 10.6. The summed E-state index contributed by atoms with van der Waals surface area (Å²) in [5.41, 5.74) is 4.06. The van der Waals surface area contributed by atoms with Crippen molar-refractivity contribution in [2.45, 2.75) is 27.7 Å². The minimum absolute atomic E-state index is 0.247. The number of ether oxygens (including phenoxy) is 1. The molecule has 0 saturated heterocycles. The van der Waals surface area contributed by atoms with Gasteiger partial charge in [-0.05, 0) is 39.8 Å². The van der Waals surface area contributed by atoms with Gasteiger partial charge in [-0.15, -0.1) is 0 Å². The van der Waals surface area contributed by atoms with Gasteiger partial charge in [0.25, 0.3) is 5.91 Å². The number of aromatic nitrogens is 4. The monoisotopic (exact) mass is 351 g/mol. The van der Waals surface area contributed by atoms with Crippen molar-refractivity contribution in [2.75, 3.05) is 11.9 Å². The van der Waals surface area contributed by atoms with Crippen LogP contribution in [0.2, 0.25) is 0 Å². The van der Waals surface area contributed by atoms with Crippen LogP contribution in [-0.4, -0.2) is 32.3 Å². The Hall–Kier alpha value is -3.22. The number of amides is 1. The molecule has 0 spiro atoms. The molecule has 7 nitrogen and oxygen atoms in total. The lowest BCUT2D eigenvalue weighted by atomic mass is 10.2. The van der Waals surface area contributed by atoms with Crippen LogP contribution in [0, 0.1) is 20.8 Å². The van der Waals surface area contributed by atoms with E-state index in [2.05, 4.69) is 20.4 Å². The molecule has 0 radical (unpaired) electrons. The number of hydrogen-bond acceptors (Lipinski definition) is 5. The van der Waals surface area contributed by atoms with Crippen molar-refractivity contribution in [3.8, 4) is 11.7 Å². The van der Waals surface area contributed by atoms with Gasteiger partial charge in [0.2, 0.25) is 0 Å². The number of para-hydroxylation sites is 1. The lowest BCUT2D eigenvalue weighted by Gasteiger charge is -2.12. The zero-order valence-corrected chi connectivity index (χ0v) is 15.3. The number of rotatable bonds is 5. The van der Waals surface area contributed by atoms with E-state index in [1.54, 1.807) is 10.9 Å². The molecule has 0 fully saturated rings. The standard InChI is InChI=1S/C19H21N5O2/c1-5-26-19-21-12(2)17(13(3)22-19)23-18(25)16-11-20-24(14(16)4)15-9-7-6-8-10-15/h6-11H,5H2,1-4H3,(H,23,25). The molecular formula is C19H21N5O2. The van der Waals surface area contributed by atoms with Gasteiger partial charge in [-0.3, -0.25) is 4.79 Å². The summed E-state index contributed by atoms with van der Waals surface area (Å²) in [6.45, 7) is 7.85. The van der Waals surface area contributed by atoms with E-state index in [-0.39, 0.29) is 5.91 Å². The van der Waals surface area contributed by atoms with Crippen molar-refractivity contribution in [1.82, 2.24) is 19.7 Å². The topological polar surface area (TPSA) is 81.9 Å². The first kappa shape index (κ1) is 17.6. The van der Waals surface area contributed by atoms with Gasteiger partial charge >= 0.3 is 6.01 Å². The van der Waals surface area contributed by atoms with Crippen LogP contribution >= 0.6 is 0 Å². The molecule has 0 aliphatic rings. The van der Waals surface area contributed by atoms with Crippen molar-refractivity contribution < 1.29 is 9.53 Å². The van der Waals surface area contributed by atoms with E-state index in [1.165, 1.54) is 0 Å². The Bertz CT molecular complexity index is 911. The summed E-state index contributed by atoms with van der Waals surface area (Å²) in [6.07, 6.45) is 1.57. The number of aryl methyl sites for hydroxylation is 2. The van der Waals surface area contributed by atoms with E-state index < -0.39 is 0 Å². The van der Waals surface area contributed by atoms with Crippen LogP contribution in [-0.2, 0) is 0 Å². The lowest BCUT2D eigenvalue weighted by Crippen LogP contribution is -2.16. The van der Waals surface area contributed by atoms with E-state index in [1.807, 2.05) is 58.0 Å². The Kier molecular flexibility index (Phi) is 4.97. The molecule has 2 heterocycles. The Morgan fingerprint density at radius 3 is 2.38 bits per heavy atom. The molecule has 0 saturated carbocycles. The second-order valence-electron chi connectivity index (χ2n) is 5.83. The molecule has 0 aliphatic heterocycles. The highest BCUT2D eigenvalue weighted by molar-refractivity contribution is 6.05. The molecule has 1 aromatic carbocycles. The van der Waals surface area contributed by atoms with Gasteiger partial charge in [0.05, 0.1) is 46.8 Å². The number of nitrogens with zero attached hydrogens (tertiary/aromatic N) is 4. The zero-order valence-electron chi connectivity index (χ0n) is 15.3. The number of carbonyl (C=O) groups is 1. The van der Waals surface area contributed by atoms with E-state index in [4.69, 9.17) is 4.74 Å². The molecule has 0 atom stereocenters. The van der Waals surface area contributed by atoms with Gasteiger partial charge in [-0.2, -0.15) is 15.1 Å². The lowest BCUT2D eigenvalue weighted by molar-refractivity contribution is 0.102. The Morgan fingerprint density at radius 2 is 1.77 bits per heavy atom. The van der Waals surface area contributed by atoms with Crippen LogP contribution in [0.15, 0.2) is 36.5 Å². The molecular weight excluding hydrogens is 330 g/mol. The Balaban J connectivity index is 1.87. The fourth-order valence-corrected chi connectivity index (χ4v) is 2.70. The SMILES string of the molecule is CCOc1nc(C)c(NC(=O)c2cnn(-c3ccccc3)c2C)c(C)n1. The van der Waals surface area contributed by atoms with Crippen molar-refractivity contribution in [1.29, 1.82) is 0 Å². The van der Waals surface area contributed by atoms with E-state index in [9.17, 15) is 4.79 Å². The second-order valence-corrected chi connectivity index (χ2v) is 5.83. The minimum Gasteiger partial charge on any atom is -0.464 e. The summed E-state index contributed by atoms with van der Waals surface area (Å²) >= 11 is 0. The molecule has 3 rings (SSSR count). The number of benzene rings is 1. The van der Waals surface area contributed by atoms with Gasteiger partial charge in [-0.25, -0.2) is 4.68 Å². The Labute approximate surface area is 152 Å². The molecule has 0 unspecified atom stereocenters. The fourth-order valence-electron chi connectivity index (χ4n) is 2.70. The molecule has 134 valence electrons. The maximum absolute atomic E-state index is 12.7.